The highest BCUT2D eigenvalue weighted by Crippen LogP contribution is 2.49. The number of hydrogen-bond donors (Lipinski definition) is 1. The lowest BCUT2D eigenvalue weighted by atomic mass is 9.81. The number of hydrogen-bond acceptors (Lipinski definition) is 5. The molecule has 0 bridgehead atoms. The van der Waals surface area contributed by atoms with Crippen LogP contribution in [-0.2, 0) is 22.5 Å². The van der Waals surface area contributed by atoms with Crippen molar-refractivity contribution in [2.45, 2.75) is 85.3 Å². The first-order valence-electron chi connectivity index (χ1n) is 12.6. The van der Waals surface area contributed by atoms with Crippen molar-refractivity contribution >= 4 is 29.2 Å². The number of aliphatic carboxylic acids is 1. The smallest absolute Gasteiger partial charge is 0.307 e. The summed E-state index contributed by atoms with van der Waals surface area (Å²) in [4.78, 5) is 16.3. The van der Waals surface area contributed by atoms with Gasteiger partial charge in [0.2, 0.25) is 0 Å². The van der Waals surface area contributed by atoms with Crippen molar-refractivity contribution in [1.82, 2.24) is 4.98 Å². The SMILES string of the molecule is COC(C)(C)C.CSN1Cc2cc(F)cnc2-c2c(C)c(C3=CCCCCC3)c(CC(=O)O)c(C)c21. The van der Waals surface area contributed by atoms with Gasteiger partial charge in [-0.3, -0.25) is 9.78 Å². The number of benzene rings is 1. The summed E-state index contributed by atoms with van der Waals surface area (Å²) in [6, 6.07) is 1.57. The Morgan fingerprint density at radius 1 is 1.19 bits per heavy atom. The van der Waals surface area contributed by atoms with Crippen molar-refractivity contribution in [1.29, 1.82) is 0 Å². The van der Waals surface area contributed by atoms with Gasteiger partial charge >= 0.3 is 5.97 Å². The molecule has 0 radical (unpaired) electrons. The van der Waals surface area contributed by atoms with Crippen molar-refractivity contribution in [2.75, 3.05) is 17.7 Å². The van der Waals surface area contributed by atoms with E-state index in [0.717, 1.165) is 64.0 Å². The van der Waals surface area contributed by atoms with Crippen LogP contribution in [0.15, 0.2) is 18.3 Å². The Kier molecular flexibility index (Phi) is 9.23. The molecule has 0 fully saturated rings. The monoisotopic (exact) mass is 514 g/mol. The summed E-state index contributed by atoms with van der Waals surface area (Å²) in [5.74, 6) is -1.15. The summed E-state index contributed by atoms with van der Waals surface area (Å²) in [5.41, 5.74) is 9.01. The van der Waals surface area contributed by atoms with Crippen molar-refractivity contribution in [2.24, 2.45) is 0 Å². The molecule has 0 atom stereocenters. The number of carboxylic acids is 1. The Morgan fingerprint density at radius 2 is 1.89 bits per heavy atom. The lowest BCUT2D eigenvalue weighted by molar-refractivity contribution is -0.136. The molecule has 0 amide bonds. The quantitative estimate of drug-likeness (QED) is 0.426. The van der Waals surface area contributed by atoms with Gasteiger partial charge in [-0.15, -0.1) is 0 Å². The first-order chi connectivity index (χ1) is 17.0. The van der Waals surface area contributed by atoms with E-state index in [4.69, 9.17) is 4.74 Å². The number of ether oxygens (including phenoxy) is 1. The van der Waals surface area contributed by atoms with E-state index in [1.54, 1.807) is 25.1 Å². The number of nitrogens with zero attached hydrogens (tertiary/aromatic N) is 2. The molecule has 5 nitrogen and oxygen atoms in total. The summed E-state index contributed by atoms with van der Waals surface area (Å²) >= 11 is 1.57. The Morgan fingerprint density at radius 3 is 2.50 bits per heavy atom. The van der Waals surface area contributed by atoms with Crippen LogP contribution in [0.25, 0.3) is 16.8 Å². The summed E-state index contributed by atoms with van der Waals surface area (Å²) in [6.07, 6.45) is 11.0. The van der Waals surface area contributed by atoms with Gasteiger partial charge in [0.25, 0.3) is 0 Å². The summed E-state index contributed by atoms with van der Waals surface area (Å²) in [5, 5.41) is 9.68. The molecule has 4 rings (SSSR count). The first-order valence-corrected chi connectivity index (χ1v) is 13.8. The Bertz CT molecular complexity index is 1150. The van der Waals surface area contributed by atoms with Crippen LogP contribution in [0.3, 0.4) is 0 Å². The van der Waals surface area contributed by atoms with Crippen LogP contribution in [-0.4, -0.2) is 35.0 Å². The van der Waals surface area contributed by atoms with Crippen LogP contribution < -0.4 is 4.31 Å². The number of allylic oxidation sites excluding steroid dienone is 2. The maximum Gasteiger partial charge on any atom is 0.307 e. The predicted octanol–water partition coefficient (Wildman–Crippen LogP) is 7.51. The molecule has 0 spiro atoms. The molecule has 196 valence electrons. The lowest BCUT2D eigenvalue weighted by Crippen LogP contribution is -2.23. The maximum atomic E-state index is 13.9. The predicted molar refractivity (Wildman–Crippen MR) is 148 cm³/mol. The Labute approximate surface area is 219 Å². The highest BCUT2D eigenvalue weighted by molar-refractivity contribution is 7.99. The fourth-order valence-corrected chi connectivity index (χ4v) is 5.59. The molecule has 1 aromatic heterocycles. The molecule has 0 unspecified atom stereocenters. The van der Waals surface area contributed by atoms with Crippen LogP contribution >= 0.6 is 11.9 Å². The van der Waals surface area contributed by atoms with Gasteiger partial charge in [-0.2, -0.15) is 0 Å². The molecule has 2 aromatic rings. The molecule has 0 saturated carbocycles. The summed E-state index contributed by atoms with van der Waals surface area (Å²) in [7, 11) is 1.71. The Hall–Kier alpha value is -2.38. The minimum absolute atomic E-state index is 0.00144. The highest BCUT2D eigenvalue weighted by atomic mass is 32.2. The van der Waals surface area contributed by atoms with Crippen molar-refractivity contribution in [3.05, 3.63) is 52.0 Å². The minimum atomic E-state index is -0.819. The van der Waals surface area contributed by atoms with Crippen molar-refractivity contribution in [3.8, 4) is 11.3 Å². The molecule has 1 aromatic carbocycles. The fourth-order valence-electron chi connectivity index (χ4n) is 4.91. The average Bonchev–Trinajstić information content (AvgIpc) is 3.10. The number of halogens is 1. The van der Waals surface area contributed by atoms with Crippen molar-refractivity contribution in [3.63, 3.8) is 0 Å². The van der Waals surface area contributed by atoms with Crippen LogP contribution in [0.4, 0.5) is 10.1 Å². The number of anilines is 1. The third-order valence-electron chi connectivity index (χ3n) is 6.85. The second kappa shape index (κ2) is 11.8. The third-order valence-corrected chi connectivity index (χ3v) is 7.61. The zero-order valence-corrected chi connectivity index (χ0v) is 23.4. The molecule has 36 heavy (non-hydrogen) atoms. The first kappa shape index (κ1) is 28.2. The highest BCUT2D eigenvalue weighted by Gasteiger charge is 2.31. The molecular formula is C29H39FN2O3S. The van der Waals surface area contributed by atoms with Crippen LogP contribution in [0.1, 0.15) is 80.7 Å². The van der Waals surface area contributed by atoms with Gasteiger partial charge in [0, 0.05) is 24.5 Å². The van der Waals surface area contributed by atoms with Crippen LogP contribution in [0.2, 0.25) is 0 Å². The minimum Gasteiger partial charge on any atom is -0.481 e. The van der Waals surface area contributed by atoms with E-state index in [9.17, 15) is 14.3 Å². The molecule has 1 aliphatic heterocycles. The molecule has 7 heteroatoms. The van der Waals surface area contributed by atoms with E-state index in [-0.39, 0.29) is 17.8 Å². The van der Waals surface area contributed by atoms with Gasteiger partial charge < -0.3 is 14.1 Å². The number of carbonyl (C=O) groups is 1. The van der Waals surface area contributed by atoms with Crippen LogP contribution in [0, 0.1) is 19.7 Å². The fraction of sp³-hybridized carbons (Fsp3) is 0.517. The van der Waals surface area contributed by atoms with E-state index >= 15 is 0 Å². The van der Waals surface area contributed by atoms with E-state index in [1.165, 1.54) is 24.6 Å². The van der Waals surface area contributed by atoms with E-state index in [0.29, 0.717) is 6.54 Å². The van der Waals surface area contributed by atoms with Gasteiger partial charge in [-0.05, 0) is 94.2 Å². The third kappa shape index (κ3) is 6.30. The number of pyridine rings is 1. The number of carboxylic acid groups (broad SMARTS) is 1. The van der Waals surface area contributed by atoms with E-state index in [2.05, 4.69) is 22.3 Å². The van der Waals surface area contributed by atoms with Gasteiger partial charge in [0.15, 0.2) is 0 Å². The standard InChI is InChI=1S/C24H27FN2O2S.C5H12O/c1-14-19(11-20(28)29)21(16-8-6-4-5-7-9-16)15(2)22-23-17(10-18(25)12-26-23)13-27(30-3)24(14)22;1-5(2,3)6-4/h8,10,12H,4-7,9,11,13H2,1-3H3,(H,28,29);1-4H3. The maximum absolute atomic E-state index is 13.9. The van der Waals surface area contributed by atoms with Gasteiger partial charge in [0.1, 0.15) is 5.82 Å². The van der Waals surface area contributed by atoms with E-state index < -0.39 is 5.97 Å². The largest absolute Gasteiger partial charge is 0.481 e. The average molecular weight is 515 g/mol. The van der Waals surface area contributed by atoms with E-state index in [1.807, 2.05) is 34.0 Å². The molecule has 2 heterocycles. The van der Waals surface area contributed by atoms with Crippen molar-refractivity contribution < 1.29 is 19.0 Å². The van der Waals surface area contributed by atoms with Gasteiger partial charge in [-0.25, -0.2) is 4.39 Å². The lowest BCUT2D eigenvalue weighted by Gasteiger charge is -2.35. The number of methoxy groups -OCH3 is 1. The zero-order chi connectivity index (χ0) is 26.6. The number of rotatable bonds is 4. The normalized spacial score (nSPS) is 15.2. The second-order valence-corrected chi connectivity index (χ2v) is 11.2. The zero-order valence-electron chi connectivity index (χ0n) is 22.6. The molecule has 1 aliphatic carbocycles. The summed E-state index contributed by atoms with van der Waals surface area (Å²) < 4.78 is 21.0. The van der Waals surface area contributed by atoms with Gasteiger partial charge in [0.05, 0.1) is 36.1 Å². The summed E-state index contributed by atoms with van der Waals surface area (Å²) in [6.45, 7) is 10.7. The number of aromatic nitrogens is 1. The molecule has 2 aliphatic rings. The Balaban J connectivity index is 0.000000538. The topological polar surface area (TPSA) is 62.7 Å². The molecule has 0 saturated heterocycles. The second-order valence-electron chi connectivity index (χ2n) is 10.4. The van der Waals surface area contributed by atoms with Gasteiger partial charge in [-0.1, -0.05) is 24.4 Å². The van der Waals surface area contributed by atoms with Crippen LogP contribution in [0.5, 0.6) is 0 Å². The number of fused-ring (bicyclic) bond motifs is 3. The molecular weight excluding hydrogens is 475 g/mol. The molecule has 1 N–H and O–H groups in total.